The van der Waals surface area contributed by atoms with Crippen LogP contribution in [0.15, 0.2) is 65.3 Å². The molecule has 0 radical (unpaired) electrons. The van der Waals surface area contributed by atoms with E-state index >= 15 is 0 Å². The molecule has 0 aliphatic rings. The van der Waals surface area contributed by atoms with Gasteiger partial charge < -0.3 is 25.7 Å². The highest BCUT2D eigenvalue weighted by molar-refractivity contribution is 7.15. The van der Waals surface area contributed by atoms with Gasteiger partial charge in [-0.1, -0.05) is 24.3 Å². The molecule has 0 spiro atoms. The monoisotopic (exact) mass is 504 g/mol. The average Bonchev–Trinajstić information content (AvgIpc) is 3.49. The molecule has 0 saturated carbocycles. The molecule has 0 fully saturated rings. The zero-order chi connectivity index (χ0) is 25.2. The number of rotatable bonds is 8. The number of benzene rings is 1. The van der Waals surface area contributed by atoms with Gasteiger partial charge in [0.2, 0.25) is 17.9 Å². The largest absolute Gasteiger partial charge is 0.480 e. The van der Waals surface area contributed by atoms with E-state index in [9.17, 15) is 18.0 Å². The Morgan fingerprint density at radius 2 is 1.89 bits per heavy atom. The van der Waals surface area contributed by atoms with Gasteiger partial charge in [-0.25, -0.2) is 4.98 Å². The maximum absolute atomic E-state index is 13.9. The third-order valence-corrected chi connectivity index (χ3v) is 6.07. The van der Waals surface area contributed by atoms with Gasteiger partial charge in [0.25, 0.3) is 0 Å². The number of aliphatic carboxylic acids is 1. The van der Waals surface area contributed by atoms with Gasteiger partial charge in [0, 0.05) is 11.6 Å². The van der Waals surface area contributed by atoms with Crippen molar-refractivity contribution < 1.29 is 32.2 Å². The van der Waals surface area contributed by atoms with Gasteiger partial charge in [-0.15, -0.1) is 11.3 Å². The van der Waals surface area contributed by atoms with Crippen LogP contribution >= 0.6 is 11.3 Å². The molecule has 35 heavy (non-hydrogen) atoms. The third-order valence-electron chi connectivity index (χ3n) is 4.93. The number of alkyl halides is 3. The lowest BCUT2D eigenvalue weighted by atomic mass is 10.0. The molecule has 0 saturated heterocycles. The lowest BCUT2D eigenvalue weighted by Gasteiger charge is -2.20. The van der Waals surface area contributed by atoms with E-state index in [1.807, 2.05) is 0 Å². The van der Waals surface area contributed by atoms with E-state index in [0.29, 0.717) is 21.8 Å². The number of carboxylic acid groups (broad SMARTS) is 1. The summed E-state index contributed by atoms with van der Waals surface area (Å²) in [5.74, 6) is -1.29. The molecule has 0 aliphatic heterocycles. The van der Waals surface area contributed by atoms with E-state index in [-0.39, 0.29) is 28.8 Å². The first kappa shape index (κ1) is 24.2. The highest BCUT2D eigenvalue weighted by Crippen LogP contribution is 2.42. The number of nitrogen functional groups attached to an aromatic ring is 1. The molecule has 4 rings (SSSR count). The van der Waals surface area contributed by atoms with Crippen LogP contribution in [0.2, 0.25) is 0 Å². The molecular weight excluding hydrogens is 485 g/mol. The zero-order valence-electron chi connectivity index (χ0n) is 17.9. The number of thiophene rings is 1. The molecule has 5 N–H and O–H groups in total. The molecule has 12 heteroatoms. The Morgan fingerprint density at radius 1 is 1.14 bits per heavy atom. The number of halogens is 3. The van der Waals surface area contributed by atoms with Crippen molar-refractivity contribution in [2.75, 3.05) is 5.73 Å². The fourth-order valence-electron chi connectivity index (χ4n) is 3.26. The molecule has 4 aromatic rings. The summed E-state index contributed by atoms with van der Waals surface area (Å²) in [6.45, 7) is 0. The van der Waals surface area contributed by atoms with Crippen molar-refractivity contribution in [3.8, 4) is 27.8 Å². The normalized spacial score (nSPS) is 13.4. The smallest absolute Gasteiger partial charge is 0.430 e. The Kier molecular flexibility index (Phi) is 6.76. The van der Waals surface area contributed by atoms with Gasteiger partial charge in [-0.05, 0) is 36.2 Å². The van der Waals surface area contributed by atoms with Crippen molar-refractivity contribution in [3.05, 3.63) is 71.3 Å². The van der Waals surface area contributed by atoms with Crippen LogP contribution in [-0.4, -0.2) is 33.3 Å². The van der Waals surface area contributed by atoms with Gasteiger partial charge >= 0.3 is 12.1 Å². The molecule has 0 bridgehead atoms. The Morgan fingerprint density at radius 3 is 2.51 bits per heavy atom. The second-order valence-electron chi connectivity index (χ2n) is 7.51. The summed E-state index contributed by atoms with van der Waals surface area (Å²) in [5, 5.41) is 8.94. The van der Waals surface area contributed by atoms with E-state index in [1.54, 1.807) is 36.4 Å². The Balaban J connectivity index is 1.59. The van der Waals surface area contributed by atoms with Crippen LogP contribution in [0.3, 0.4) is 0 Å². The summed E-state index contributed by atoms with van der Waals surface area (Å²) in [6.07, 6.45) is -5.46. The minimum atomic E-state index is -4.73. The van der Waals surface area contributed by atoms with Gasteiger partial charge in [0.1, 0.15) is 11.8 Å². The summed E-state index contributed by atoms with van der Waals surface area (Å²) < 4.78 is 52.2. The SMILES string of the molecule is Nc1nc(OC(c2ccc(-c3ccco3)s2)C(F)(F)F)cc(-c2ccc(C[C@H](N)C(=O)O)cc2)n1. The topological polar surface area (TPSA) is 137 Å². The van der Waals surface area contributed by atoms with Crippen LogP contribution < -0.4 is 16.2 Å². The summed E-state index contributed by atoms with van der Waals surface area (Å²) >= 11 is 0.893. The number of nitrogens with two attached hydrogens (primary N) is 2. The fraction of sp³-hybridized carbons (Fsp3) is 0.174. The van der Waals surface area contributed by atoms with Crippen LogP contribution in [0, 0.1) is 0 Å². The van der Waals surface area contributed by atoms with Crippen molar-refractivity contribution >= 4 is 23.3 Å². The molecule has 182 valence electrons. The highest BCUT2D eigenvalue weighted by Gasteiger charge is 2.44. The lowest BCUT2D eigenvalue weighted by Crippen LogP contribution is -2.32. The molecule has 2 atom stereocenters. The van der Waals surface area contributed by atoms with Crippen LogP contribution in [0.5, 0.6) is 5.88 Å². The van der Waals surface area contributed by atoms with Crippen molar-refractivity contribution in [1.29, 1.82) is 0 Å². The van der Waals surface area contributed by atoms with Crippen molar-refractivity contribution in [2.24, 2.45) is 5.73 Å². The van der Waals surface area contributed by atoms with Crippen molar-refractivity contribution in [2.45, 2.75) is 24.7 Å². The highest BCUT2D eigenvalue weighted by atomic mass is 32.1. The molecular formula is C23H19F3N4O4S. The van der Waals surface area contributed by atoms with Crippen molar-refractivity contribution in [3.63, 3.8) is 0 Å². The van der Waals surface area contributed by atoms with Crippen molar-refractivity contribution in [1.82, 2.24) is 9.97 Å². The van der Waals surface area contributed by atoms with E-state index < -0.39 is 24.3 Å². The molecule has 0 amide bonds. The summed E-state index contributed by atoms with van der Waals surface area (Å²) in [6, 6.07) is 12.9. The number of carbonyl (C=O) groups is 1. The van der Waals surface area contributed by atoms with Crippen LogP contribution in [0.4, 0.5) is 19.1 Å². The second kappa shape index (κ2) is 9.76. The average molecular weight is 504 g/mol. The quantitative estimate of drug-likeness (QED) is 0.314. The summed E-state index contributed by atoms with van der Waals surface area (Å²) in [5.41, 5.74) is 12.7. The van der Waals surface area contributed by atoms with E-state index in [2.05, 4.69) is 9.97 Å². The lowest BCUT2D eigenvalue weighted by molar-refractivity contribution is -0.197. The number of anilines is 1. The zero-order valence-corrected chi connectivity index (χ0v) is 18.7. The third kappa shape index (κ3) is 5.78. The minimum absolute atomic E-state index is 0.0817. The molecule has 3 aromatic heterocycles. The first-order chi connectivity index (χ1) is 16.6. The number of furan rings is 1. The van der Waals surface area contributed by atoms with E-state index in [0.717, 1.165) is 11.3 Å². The minimum Gasteiger partial charge on any atom is -0.480 e. The predicted molar refractivity (Wildman–Crippen MR) is 123 cm³/mol. The molecule has 1 unspecified atom stereocenters. The summed E-state index contributed by atoms with van der Waals surface area (Å²) in [7, 11) is 0. The maximum atomic E-state index is 13.9. The number of nitrogens with zero attached hydrogens (tertiary/aromatic N) is 2. The molecule has 0 aliphatic carbocycles. The second-order valence-corrected chi connectivity index (χ2v) is 8.63. The van der Waals surface area contributed by atoms with E-state index in [1.165, 1.54) is 24.5 Å². The number of ether oxygens (including phenoxy) is 1. The summed E-state index contributed by atoms with van der Waals surface area (Å²) in [4.78, 5) is 19.3. The Bertz CT molecular complexity index is 1310. The first-order valence-corrected chi connectivity index (χ1v) is 11.0. The predicted octanol–water partition coefficient (Wildman–Crippen LogP) is 4.68. The fourth-order valence-corrected chi connectivity index (χ4v) is 4.29. The van der Waals surface area contributed by atoms with E-state index in [4.69, 9.17) is 25.7 Å². The molecule has 3 heterocycles. The standard InChI is InChI=1S/C23H19F3N4O4S/c24-23(25,26)20(18-8-7-17(35-18)16-2-1-9-33-16)34-19-11-15(29-22(28)30-19)13-5-3-12(4-6-13)10-14(27)21(31)32/h1-9,11,14,20H,10,27H2,(H,31,32)(H2,28,29,30)/t14-,20?/m0/s1. The Labute approximate surface area is 201 Å². The van der Waals surface area contributed by atoms with Gasteiger partial charge in [0.05, 0.1) is 21.7 Å². The number of hydrogen-bond donors (Lipinski definition) is 3. The Hall–Kier alpha value is -3.90. The van der Waals surface area contributed by atoms with Crippen LogP contribution in [0.25, 0.3) is 21.9 Å². The number of aromatic nitrogens is 2. The van der Waals surface area contributed by atoms with Gasteiger partial charge in [-0.3, -0.25) is 4.79 Å². The van der Waals surface area contributed by atoms with Crippen LogP contribution in [-0.2, 0) is 11.2 Å². The maximum Gasteiger partial charge on any atom is 0.430 e. The van der Waals surface area contributed by atoms with Gasteiger partial charge in [0.15, 0.2) is 0 Å². The number of hydrogen-bond acceptors (Lipinski definition) is 8. The molecule has 8 nitrogen and oxygen atoms in total. The van der Waals surface area contributed by atoms with Gasteiger partial charge in [-0.2, -0.15) is 18.2 Å². The number of carboxylic acids is 1. The first-order valence-electron chi connectivity index (χ1n) is 10.2. The van der Waals surface area contributed by atoms with Crippen LogP contribution in [0.1, 0.15) is 16.5 Å². The molecule has 1 aromatic carbocycles.